The minimum Gasteiger partial charge on any atom is -0.298 e. The molecule has 0 aromatic carbocycles. The average Bonchev–Trinajstić information content (AvgIpc) is 2.10. The average molecular weight is 139 g/mol. The SMILES string of the molecule is NN.O=Cc1cccnc1. The van der Waals surface area contributed by atoms with Gasteiger partial charge in [0.2, 0.25) is 0 Å². The molecule has 0 bridgehead atoms. The van der Waals surface area contributed by atoms with Crippen LogP contribution in [-0.2, 0) is 0 Å². The fraction of sp³-hybridized carbons (Fsp3) is 0. The molecule has 54 valence electrons. The summed E-state index contributed by atoms with van der Waals surface area (Å²) in [5.41, 5.74) is 0.618. The summed E-state index contributed by atoms with van der Waals surface area (Å²) in [6.07, 6.45) is 3.92. The number of carbonyl (C=O) groups is 1. The lowest BCUT2D eigenvalue weighted by atomic mass is 10.3. The van der Waals surface area contributed by atoms with E-state index in [1.807, 2.05) is 0 Å². The smallest absolute Gasteiger partial charge is 0.151 e. The maximum absolute atomic E-state index is 9.97. The largest absolute Gasteiger partial charge is 0.298 e. The monoisotopic (exact) mass is 139 g/mol. The molecule has 0 aliphatic heterocycles. The summed E-state index contributed by atoms with van der Waals surface area (Å²) in [7, 11) is 0. The zero-order valence-corrected chi connectivity index (χ0v) is 5.40. The Kier molecular flexibility index (Phi) is 5.13. The Labute approximate surface area is 58.8 Å². The third-order valence-electron chi connectivity index (χ3n) is 0.820. The lowest BCUT2D eigenvalue weighted by Crippen LogP contribution is -2.02. The van der Waals surface area contributed by atoms with Crippen LogP contribution < -0.4 is 11.7 Å². The highest BCUT2D eigenvalue weighted by atomic mass is 16.1. The molecule has 4 N–H and O–H groups in total. The molecule has 0 unspecified atom stereocenters. The van der Waals surface area contributed by atoms with Gasteiger partial charge in [-0.25, -0.2) is 0 Å². The zero-order chi connectivity index (χ0) is 7.82. The molecule has 1 aromatic rings. The van der Waals surface area contributed by atoms with E-state index in [0.717, 1.165) is 6.29 Å². The summed E-state index contributed by atoms with van der Waals surface area (Å²) < 4.78 is 0. The van der Waals surface area contributed by atoms with Crippen molar-refractivity contribution in [1.29, 1.82) is 0 Å². The van der Waals surface area contributed by atoms with E-state index in [2.05, 4.69) is 16.7 Å². The predicted molar refractivity (Wildman–Crippen MR) is 38.0 cm³/mol. The van der Waals surface area contributed by atoms with E-state index in [9.17, 15) is 4.79 Å². The van der Waals surface area contributed by atoms with Gasteiger partial charge in [0.1, 0.15) is 0 Å². The molecular weight excluding hydrogens is 130 g/mol. The van der Waals surface area contributed by atoms with Crippen LogP contribution in [0.25, 0.3) is 0 Å². The summed E-state index contributed by atoms with van der Waals surface area (Å²) >= 11 is 0. The fourth-order valence-electron chi connectivity index (χ4n) is 0.446. The predicted octanol–water partition coefficient (Wildman–Crippen LogP) is -0.287. The number of nitrogens with two attached hydrogens (primary N) is 2. The summed E-state index contributed by atoms with van der Waals surface area (Å²) in [6, 6.07) is 3.43. The first-order valence-corrected chi connectivity index (χ1v) is 2.62. The molecule has 0 aliphatic rings. The molecule has 1 rings (SSSR count). The number of aldehydes is 1. The van der Waals surface area contributed by atoms with Crippen LogP contribution in [0.2, 0.25) is 0 Å². The van der Waals surface area contributed by atoms with E-state index in [0.29, 0.717) is 5.56 Å². The van der Waals surface area contributed by atoms with Gasteiger partial charge in [-0.05, 0) is 12.1 Å². The van der Waals surface area contributed by atoms with E-state index in [4.69, 9.17) is 0 Å². The molecule has 1 aromatic heterocycles. The van der Waals surface area contributed by atoms with Crippen molar-refractivity contribution in [2.45, 2.75) is 0 Å². The second kappa shape index (κ2) is 5.87. The highest BCUT2D eigenvalue weighted by Gasteiger charge is 1.81. The first-order valence-electron chi connectivity index (χ1n) is 2.62. The minimum atomic E-state index is 0.618. The minimum absolute atomic E-state index is 0.618. The molecule has 4 heteroatoms. The van der Waals surface area contributed by atoms with Gasteiger partial charge in [-0.1, -0.05) is 0 Å². The van der Waals surface area contributed by atoms with Crippen LogP contribution in [0.1, 0.15) is 10.4 Å². The van der Waals surface area contributed by atoms with E-state index in [1.165, 1.54) is 6.20 Å². The Morgan fingerprint density at radius 2 is 2.20 bits per heavy atom. The van der Waals surface area contributed by atoms with Crippen molar-refractivity contribution in [2.75, 3.05) is 0 Å². The van der Waals surface area contributed by atoms with Gasteiger partial charge in [-0.2, -0.15) is 0 Å². The van der Waals surface area contributed by atoms with Crippen molar-refractivity contribution in [3.8, 4) is 0 Å². The summed E-state index contributed by atoms with van der Waals surface area (Å²) in [4.78, 5) is 13.7. The lowest BCUT2D eigenvalue weighted by Gasteiger charge is -1.81. The standard InChI is InChI=1S/C6H5NO.H4N2/c8-5-6-2-1-3-7-4-6;1-2/h1-5H;1-2H2. The molecule has 0 atom stereocenters. The van der Waals surface area contributed by atoms with Crippen molar-refractivity contribution in [1.82, 2.24) is 4.98 Å². The van der Waals surface area contributed by atoms with E-state index in [-0.39, 0.29) is 0 Å². The molecule has 10 heavy (non-hydrogen) atoms. The number of aromatic nitrogens is 1. The van der Waals surface area contributed by atoms with Gasteiger partial charge in [0.25, 0.3) is 0 Å². The Morgan fingerprint density at radius 3 is 2.50 bits per heavy atom. The maximum Gasteiger partial charge on any atom is 0.151 e. The molecular formula is C6H9N3O. The van der Waals surface area contributed by atoms with Gasteiger partial charge in [0, 0.05) is 18.0 Å². The van der Waals surface area contributed by atoms with Crippen LogP contribution in [0.5, 0.6) is 0 Å². The van der Waals surface area contributed by atoms with Crippen LogP contribution >= 0.6 is 0 Å². The number of pyridine rings is 1. The van der Waals surface area contributed by atoms with Crippen molar-refractivity contribution < 1.29 is 4.79 Å². The highest BCUT2D eigenvalue weighted by Crippen LogP contribution is 1.87. The molecule has 4 nitrogen and oxygen atoms in total. The third-order valence-corrected chi connectivity index (χ3v) is 0.820. The normalized spacial score (nSPS) is 7.40. The molecule has 0 fully saturated rings. The van der Waals surface area contributed by atoms with Crippen LogP contribution in [0.15, 0.2) is 24.5 Å². The molecule has 0 aliphatic carbocycles. The molecule has 0 saturated carbocycles. The van der Waals surface area contributed by atoms with Gasteiger partial charge in [-0.15, -0.1) is 0 Å². The number of hydrogen-bond donors (Lipinski definition) is 2. The quantitative estimate of drug-likeness (QED) is 0.318. The van der Waals surface area contributed by atoms with Gasteiger partial charge >= 0.3 is 0 Å². The Hall–Kier alpha value is -1.26. The van der Waals surface area contributed by atoms with Crippen LogP contribution in [-0.4, -0.2) is 11.3 Å². The van der Waals surface area contributed by atoms with E-state index < -0.39 is 0 Å². The number of rotatable bonds is 1. The maximum atomic E-state index is 9.97. The number of nitrogens with zero attached hydrogens (tertiary/aromatic N) is 1. The number of carbonyl (C=O) groups excluding carboxylic acids is 1. The van der Waals surface area contributed by atoms with Crippen molar-refractivity contribution >= 4 is 6.29 Å². The molecule has 1 heterocycles. The van der Waals surface area contributed by atoms with Crippen LogP contribution in [0, 0.1) is 0 Å². The second-order valence-electron chi connectivity index (χ2n) is 1.40. The summed E-state index contributed by atoms with van der Waals surface area (Å²) in [6.45, 7) is 0. The Morgan fingerprint density at radius 1 is 1.50 bits per heavy atom. The van der Waals surface area contributed by atoms with Gasteiger partial charge in [0.05, 0.1) is 0 Å². The van der Waals surface area contributed by atoms with E-state index in [1.54, 1.807) is 18.3 Å². The second-order valence-corrected chi connectivity index (χ2v) is 1.40. The van der Waals surface area contributed by atoms with Gasteiger partial charge in [0.15, 0.2) is 6.29 Å². The molecule has 0 saturated heterocycles. The first-order chi connectivity index (χ1) is 4.93. The van der Waals surface area contributed by atoms with Crippen molar-refractivity contribution in [2.24, 2.45) is 11.7 Å². The molecule has 0 radical (unpaired) electrons. The number of hydrazine groups is 1. The van der Waals surface area contributed by atoms with Crippen LogP contribution in [0.4, 0.5) is 0 Å². The summed E-state index contributed by atoms with van der Waals surface area (Å²) in [5, 5.41) is 0. The fourth-order valence-corrected chi connectivity index (χ4v) is 0.446. The Bertz CT molecular complexity index is 176. The first kappa shape index (κ1) is 8.74. The lowest BCUT2D eigenvalue weighted by molar-refractivity contribution is 0.112. The Balaban J connectivity index is 0.000000371. The summed E-state index contributed by atoms with van der Waals surface area (Å²) in [5.74, 6) is 8.00. The topological polar surface area (TPSA) is 82.0 Å². The van der Waals surface area contributed by atoms with Crippen molar-refractivity contribution in [3.63, 3.8) is 0 Å². The van der Waals surface area contributed by atoms with E-state index >= 15 is 0 Å². The highest BCUT2D eigenvalue weighted by molar-refractivity contribution is 5.73. The molecule has 0 amide bonds. The number of hydrogen-bond acceptors (Lipinski definition) is 4. The molecule has 0 spiro atoms. The van der Waals surface area contributed by atoms with Crippen molar-refractivity contribution in [3.05, 3.63) is 30.1 Å². The van der Waals surface area contributed by atoms with Crippen LogP contribution in [0.3, 0.4) is 0 Å². The van der Waals surface area contributed by atoms with Gasteiger partial charge in [-0.3, -0.25) is 21.5 Å². The zero-order valence-electron chi connectivity index (χ0n) is 5.40. The van der Waals surface area contributed by atoms with Gasteiger partial charge < -0.3 is 0 Å². The third kappa shape index (κ3) is 2.91.